The predicted octanol–water partition coefficient (Wildman–Crippen LogP) is 4.21. The van der Waals surface area contributed by atoms with E-state index in [1.807, 2.05) is 13.0 Å². The number of rotatable bonds is 2. The Morgan fingerprint density at radius 1 is 1.20 bits per heavy atom. The van der Waals surface area contributed by atoms with E-state index in [4.69, 9.17) is 4.55 Å². The predicted molar refractivity (Wildman–Crippen MR) is 67.6 cm³/mol. The molecule has 0 atom stereocenters. The first-order valence-corrected chi connectivity index (χ1v) is 6.79. The molecule has 0 spiro atoms. The average molecular weight is 244 g/mol. The summed E-state index contributed by atoms with van der Waals surface area (Å²) in [6.07, 6.45) is 0. The summed E-state index contributed by atoms with van der Waals surface area (Å²) in [6, 6.07) is 3.69. The monoisotopic (exact) mass is 244 g/mol. The van der Waals surface area contributed by atoms with Crippen molar-refractivity contribution in [2.45, 2.75) is 38.0 Å². The first kappa shape index (κ1) is 12.7. The molecule has 0 amide bonds. The summed E-state index contributed by atoms with van der Waals surface area (Å²) < 4.78 is 8.89. The van der Waals surface area contributed by atoms with E-state index >= 15 is 0 Å². The van der Waals surface area contributed by atoms with Gasteiger partial charge in [-0.15, -0.1) is 0 Å². The third-order valence-electron chi connectivity index (χ3n) is 2.23. The maximum absolute atomic E-state index is 9.68. The van der Waals surface area contributed by atoms with Gasteiger partial charge >= 0.3 is 0 Å². The molecule has 0 saturated carbocycles. The van der Waals surface area contributed by atoms with Crippen LogP contribution in [0, 0.1) is 6.92 Å². The number of hydrogen-bond donors (Lipinski definition) is 2. The highest BCUT2D eigenvalue weighted by Crippen LogP contribution is 2.40. The molecule has 0 radical (unpaired) electrons. The van der Waals surface area contributed by atoms with Crippen LogP contribution in [0.25, 0.3) is 0 Å². The van der Waals surface area contributed by atoms with Gasteiger partial charge in [0.05, 0.1) is 11.1 Å². The highest BCUT2D eigenvalue weighted by Gasteiger charge is 2.20. The van der Waals surface area contributed by atoms with Crippen molar-refractivity contribution in [3.8, 4) is 5.75 Å². The second-order valence-corrected chi connectivity index (χ2v) is 6.25. The van der Waals surface area contributed by atoms with Gasteiger partial charge in [0.15, 0.2) is 0 Å². The Labute approximate surface area is 98.7 Å². The summed E-state index contributed by atoms with van der Waals surface area (Å²) in [6.45, 7) is 8.11. The van der Waals surface area contributed by atoms with Crippen molar-refractivity contribution in [1.82, 2.24) is 0 Å². The van der Waals surface area contributed by atoms with Crippen LogP contribution < -0.4 is 0 Å². The third kappa shape index (κ3) is 3.06. The Kier molecular flexibility index (Phi) is 3.98. The molecule has 84 valence electrons. The summed E-state index contributed by atoms with van der Waals surface area (Å²) >= 11 is 0.735. The Morgan fingerprint density at radius 2 is 1.80 bits per heavy atom. The largest absolute Gasteiger partial charge is 0.508 e. The van der Waals surface area contributed by atoms with Crippen molar-refractivity contribution in [3.63, 3.8) is 0 Å². The molecule has 1 aromatic carbocycles. The number of aromatic hydroxyl groups is 1. The quantitative estimate of drug-likeness (QED) is 0.604. The van der Waals surface area contributed by atoms with Crippen molar-refractivity contribution in [2.24, 2.45) is 0 Å². The van der Waals surface area contributed by atoms with Crippen LogP contribution in [-0.4, -0.2) is 9.66 Å². The standard InChI is InChI=1S/C11H16O2S2/c1-7-5-10(14-15-13)8(6-9(7)12)11(2,3)4/h5-6,12-13H,1-4H3. The first-order chi connectivity index (χ1) is 6.86. The molecule has 4 heteroatoms. The minimum Gasteiger partial charge on any atom is -0.508 e. The normalized spacial score (nSPS) is 11.8. The van der Waals surface area contributed by atoms with E-state index in [-0.39, 0.29) is 5.41 Å². The van der Waals surface area contributed by atoms with E-state index < -0.39 is 0 Å². The van der Waals surface area contributed by atoms with Gasteiger partial charge in [-0.25, -0.2) is 0 Å². The highest BCUT2D eigenvalue weighted by molar-refractivity contribution is 8.74. The molecule has 0 unspecified atom stereocenters. The minimum atomic E-state index is -0.0384. The molecule has 0 heterocycles. The molecule has 2 nitrogen and oxygen atoms in total. The molecule has 0 fully saturated rings. The molecule has 1 rings (SSSR count). The number of aryl methyl sites for hydroxylation is 1. The van der Waals surface area contributed by atoms with E-state index in [0.717, 1.165) is 27.1 Å². The Bertz CT molecular complexity index is 356. The smallest absolute Gasteiger partial charge is 0.118 e. The SMILES string of the molecule is Cc1cc(SSO)c(C(C)(C)C)cc1O. The van der Waals surface area contributed by atoms with Gasteiger partial charge in [0.25, 0.3) is 0 Å². The number of hydrogen-bond acceptors (Lipinski definition) is 4. The van der Waals surface area contributed by atoms with Gasteiger partial charge in [-0.05, 0) is 46.4 Å². The maximum atomic E-state index is 9.68. The zero-order chi connectivity index (χ0) is 11.6. The minimum absolute atomic E-state index is 0.0384. The van der Waals surface area contributed by atoms with Gasteiger partial charge in [0.1, 0.15) is 5.75 Å². The van der Waals surface area contributed by atoms with Crippen LogP contribution >= 0.6 is 21.9 Å². The molecule has 0 aliphatic carbocycles. The zero-order valence-electron chi connectivity index (χ0n) is 9.37. The zero-order valence-corrected chi connectivity index (χ0v) is 11.0. The van der Waals surface area contributed by atoms with Gasteiger partial charge in [-0.2, -0.15) is 0 Å². The molecule has 15 heavy (non-hydrogen) atoms. The fourth-order valence-electron chi connectivity index (χ4n) is 1.37. The van der Waals surface area contributed by atoms with Crippen LogP contribution in [0.1, 0.15) is 31.9 Å². The molecule has 0 saturated heterocycles. The van der Waals surface area contributed by atoms with Crippen LogP contribution in [0.5, 0.6) is 5.75 Å². The van der Waals surface area contributed by atoms with Crippen LogP contribution in [0.15, 0.2) is 17.0 Å². The van der Waals surface area contributed by atoms with Crippen LogP contribution in [-0.2, 0) is 5.41 Å². The van der Waals surface area contributed by atoms with Crippen molar-refractivity contribution in [2.75, 3.05) is 0 Å². The molecule has 0 bridgehead atoms. The third-order valence-corrected chi connectivity index (χ3v) is 3.59. The van der Waals surface area contributed by atoms with E-state index in [1.165, 1.54) is 10.8 Å². The molecule has 0 aromatic heterocycles. The van der Waals surface area contributed by atoms with E-state index in [1.54, 1.807) is 6.07 Å². The molecule has 0 aliphatic heterocycles. The molecular formula is C11H16O2S2. The van der Waals surface area contributed by atoms with E-state index in [2.05, 4.69) is 20.8 Å². The number of phenolic OH excluding ortho intramolecular Hbond substituents is 1. The first-order valence-electron chi connectivity index (χ1n) is 4.68. The summed E-state index contributed by atoms with van der Waals surface area (Å²) in [5.41, 5.74) is 1.85. The lowest BCUT2D eigenvalue weighted by Gasteiger charge is -2.22. The van der Waals surface area contributed by atoms with E-state index in [9.17, 15) is 5.11 Å². The summed E-state index contributed by atoms with van der Waals surface area (Å²) in [7, 11) is 1.31. The Morgan fingerprint density at radius 3 is 2.27 bits per heavy atom. The Hall–Kier alpha value is -0.320. The van der Waals surface area contributed by atoms with Gasteiger partial charge < -0.3 is 9.66 Å². The van der Waals surface area contributed by atoms with Crippen LogP contribution in [0.4, 0.5) is 0 Å². The van der Waals surface area contributed by atoms with Crippen molar-refractivity contribution in [3.05, 3.63) is 23.3 Å². The molecule has 0 aliphatic rings. The second kappa shape index (κ2) is 4.68. The van der Waals surface area contributed by atoms with Gasteiger partial charge in [-0.3, -0.25) is 0 Å². The number of phenols is 1. The topological polar surface area (TPSA) is 40.5 Å². The fraction of sp³-hybridized carbons (Fsp3) is 0.455. The van der Waals surface area contributed by atoms with Crippen LogP contribution in [0.3, 0.4) is 0 Å². The second-order valence-electron chi connectivity index (χ2n) is 4.54. The maximum Gasteiger partial charge on any atom is 0.118 e. The average Bonchev–Trinajstić information content (AvgIpc) is 2.09. The Balaban J connectivity index is 3.28. The lowest BCUT2D eigenvalue weighted by Crippen LogP contribution is -2.12. The summed E-state index contributed by atoms with van der Waals surface area (Å²) in [5, 5.41) is 9.68. The van der Waals surface area contributed by atoms with Gasteiger partial charge in [-0.1, -0.05) is 20.8 Å². The number of benzene rings is 1. The van der Waals surface area contributed by atoms with Crippen molar-refractivity contribution in [1.29, 1.82) is 0 Å². The molecule has 1 aromatic rings. The van der Waals surface area contributed by atoms with Crippen molar-refractivity contribution < 1.29 is 9.66 Å². The summed E-state index contributed by atoms with van der Waals surface area (Å²) in [5.74, 6) is 0.312. The van der Waals surface area contributed by atoms with Gasteiger partial charge in [0.2, 0.25) is 0 Å². The lowest BCUT2D eigenvalue weighted by atomic mass is 9.86. The van der Waals surface area contributed by atoms with Crippen LogP contribution in [0.2, 0.25) is 0 Å². The highest BCUT2D eigenvalue weighted by atomic mass is 33.1. The molecule has 2 N–H and O–H groups in total. The molecular weight excluding hydrogens is 228 g/mol. The van der Waals surface area contributed by atoms with Crippen molar-refractivity contribution >= 4 is 21.9 Å². The summed E-state index contributed by atoms with van der Waals surface area (Å²) in [4.78, 5) is 1.00. The lowest BCUT2D eigenvalue weighted by molar-refractivity contribution is 0.465. The van der Waals surface area contributed by atoms with Gasteiger partial charge in [0, 0.05) is 4.90 Å². The fourth-order valence-corrected chi connectivity index (χ4v) is 2.78. The van der Waals surface area contributed by atoms with E-state index in [0.29, 0.717) is 5.75 Å².